The lowest BCUT2D eigenvalue weighted by atomic mass is 10.00. The Morgan fingerprint density at radius 1 is 1.16 bits per heavy atom. The minimum absolute atomic E-state index is 0.0456. The molecule has 0 aliphatic carbocycles. The van der Waals surface area contributed by atoms with Crippen molar-refractivity contribution in [3.05, 3.63) is 29.8 Å². The highest BCUT2D eigenvalue weighted by Crippen LogP contribution is 2.19. The first kappa shape index (κ1) is 18.6. The smallest absolute Gasteiger partial charge is 0.348 e. The summed E-state index contributed by atoms with van der Waals surface area (Å²) in [4.78, 5) is 35.2. The average molecular weight is 365 g/mol. The first-order valence-electron chi connectivity index (χ1n) is 6.99. The predicted octanol–water partition coefficient (Wildman–Crippen LogP) is 1.04. The number of anilines is 1. The number of amides is 3. The summed E-state index contributed by atoms with van der Waals surface area (Å²) in [7, 11) is 0. The number of carbonyl (C=O) groups excluding carboxylic acids is 3. The van der Waals surface area contributed by atoms with Gasteiger partial charge in [-0.1, -0.05) is 6.07 Å². The predicted molar refractivity (Wildman–Crippen MR) is 74.1 cm³/mol. The second kappa shape index (κ2) is 7.03. The molecule has 25 heavy (non-hydrogen) atoms. The van der Waals surface area contributed by atoms with Crippen molar-refractivity contribution in [2.24, 2.45) is 5.92 Å². The lowest BCUT2D eigenvalue weighted by molar-refractivity contribution is -0.174. The second-order valence-corrected chi connectivity index (χ2v) is 5.34. The van der Waals surface area contributed by atoms with Gasteiger partial charge in [0.05, 0.1) is 5.69 Å². The van der Waals surface area contributed by atoms with E-state index in [4.69, 9.17) is 0 Å². The lowest BCUT2D eigenvalue weighted by Gasteiger charge is -2.38. The van der Waals surface area contributed by atoms with Crippen LogP contribution in [0.3, 0.4) is 0 Å². The van der Waals surface area contributed by atoms with E-state index in [-0.39, 0.29) is 19.6 Å². The number of likely N-dealkylation sites (tertiary alicyclic amines) is 1. The van der Waals surface area contributed by atoms with E-state index < -0.39 is 47.1 Å². The normalized spacial score (nSPS) is 14.7. The largest absolute Gasteiger partial charge is 0.471 e. The monoisotopic (exact) mass is 365 g/mol. The van der Waals surface area contributed by atoms with E-state index in [9.17, 15) is 36.3 Å². The Labute approximate surface area is 138 Å². The second-order valence-electron chi connectivity index (χ2n) is 5.34. The van der Waals surface area contributed by atoms with Crippen LogP contribution in [-0.2, 0) is 14.4 Å². The average Bonchev–Trinajstić information content (AvgIpc) is 2.48. The Morgan fingerprint density at radius 3 is 2.40 bits per heavy atom. The van der Waals surface area contributed by atoms with Crippen molar-refractivity contribution < 1.29 is 36.3 Å². The van der Waals surface area contributed by atoms with Crippen LogP contribution in [-0.4, -0.2) is 48.4 Å². The number of halogens is 5. The van der Waals surface area contributed by atoms with Crippen molar-refractivity contribution in [1.29, 1.82) is 0 Å². The van der Waals surface area contributed by atoms with Crippen LogP contribution in [0.1, 0.15) is 0 Å². The van der Waals surface area contributed by atoms with Gasteiger partial charge in [-0.05, 0) is 12.1 Å². The van der Waals surface area contributed by atoms with Crippen LogP contribution in [0.2, 0.25) is 0 Å². The third-order valence-electron chi connectivity index (χ3n) is 3.45. The van der Waals surface area contributed by atoms with E-state index in [1.807, 2.05) is 5.32 Å². The maximum atomic E-state index is 13.4. The minimum Gasteiger partial charge on any atom is -0.348 e. The maximum Gasteiger partial charge on any atom is 0.471 e. The molecule has 0 spiro atoms. The molecule has 1 aliphatic rings. The van der Waals surface area contributed by atoms with Gasteiger partial charge in [0.25, 0.3) is 0 Å². The molecule has 1 aliphatic heterocycles. The van der Waals surface area contributed by atoms with Crippen LogP contribution >= 0.6 is 0 Å². The number of hydrogen-bond acceptors (Lipinski definition) is 3. The molecule has 1 aromatic carbocycles. The fourth-order valence-electron chi connectivity index (χ4n) is 2.12. The Kier molecular flexibility index (Phi) is 5.24. The highest BCUT2D eigenvalue weighted by atomic mass is 19.4. The number of benzene rings is 1. The SMILES string of the molecule is O=C(Nc1cccc(F)c1F)C(=O)N1CC(CNC(=O)C(F)(F)F)C1. The Balaban J connectivity index is 1.80. The third kappa shape index (κ3) is 4.43. The van der Waals surface area contributed by atoms with Crippen LogP contribution in [0, 0.1) is 17.6 Å². The van der Waals surface area contributed by atoms with Crippen molar-refractivity contribution in [2.45, 2.75) is 6.18 Å². The fourth-order valence-corrected chi connectivity index (χ4v) is 2.12. The molecule has 0 saturated carbocycles. The molecule has 0 unspecified atom stereocenters. The number of nitrogens with one attached hydrogen (secondary N) is 2. The summed E-state index contributed by atoms with van der Waals surface area (Å²) in [6, 6.07) is 3.04. The molecule has 1 aromatic rings. The summed E-state index contributed by atoms with van der Waals surface area (Å²) >= 11 is 0. The quantitative estimate of drug-likeness (QED) is 0.621. The molecular weight excluding hydrogens is 353 g/mol. The summed E-state index contributed by atoms with van der Waals surface area (Å²) in [5.41, 5.74) is -0.507. The van der Waals surface area contributed by atoms with Crippen LogP contribution in [0.15, 0.2) is 18.2 Å². The fraction of sp³-hybridized carbons (Fsp3) is 0.357. The lowest BCUT2D eigenvalue weighted by Crippen LogP contribution is -2.57. The highest BCUT2D eigenvalue weighted by Gasteiger charge is 2.40. The molecule has 136 valence electrons. The molecule has 1 fully saturated rings. The van der Waals surface area contributed by atoms with Crippen molar-refractivity contribution >= 4 is 23.4 Å². The summed E-state index contributed by atoms with van der Waals surface area (Å²) in [6.45, 7) is -0.395. The summed E-state index contributed by atoms with van der Waals surface area (Å²) < 4.78 is 62.5. The van der Waals surface area contributed by atoms with Gasteiger partial charge in [0.2, 0.25) is 0 Å². The Bertz CT molecular complexity index is 701. The minimum atomic E-state index is -4.99. The van der Waals surface area contributed by atoms with E-state index in [2.05, 4.69) is 0 Å². The molecule has 1 heterocycles. The standard InChI is InChI=1S/C14H12F5N3O3/c15-8-2-1-3-9(10(8)16)21-11(23)12(24)22-5-7(6-22)4-20-13(25)14(17,18)19/h1-3,7H,4-6H2,(H,20,25)(H,21,23). The van der Waals surface area contributed by atoms with Crippen LogP contribution in [0.5, 0.6) is 0 Å². The van der Waals surface area contributed by atoms with E-state index in [0.29, 0.717) is 0 Å². The number of rotatable bonds is 3. The van der Waals surface area contributed by atoms with Crippen LogP contribution in [0.4, 0.5) is 27.6 Å². The zero-order chi connectivity index (χ0) is 18.8. The van der Waals surface area contributed by atoms with Crippen LogP contribution in [0.25, 0.3) is 0 Å². The van der Waals surface area contributed by atoms with E-state index in [1.54, 1.807) is 5.32 Å². The van der Waals surface area contributed by atoms with Gasteiger partial charge in [-0.2, -0.15) is 13.2 Å². The van der Waals surface area contributed by atoms with Gasteiger partial charge in [-0.25, -0.2) is 8.78 Å². The topological polar surface area (TPSA) is 78.5 Å². The van der Waals surface area contributed by atoms with Gasteiger partial charge in [0.1, 0.15) is 0 Å². The molecule has 0 atom stereocenters. The summed E-state index contributed by atoms with van der Waals surface area (Å²) in [5.74, 6) is -7.29. The number of nitrogens with zero attached hydrogens (tertiary/aromatic N) is 1. The Hall–Kier alpha value is -2.72. The first-order valence-corrected chi connectivity index (χ1v) is 6.99. The van der Waals surface area contributed by atoms with Crippen molar-refractivity contribution in [3.63, 3.8) is 0 Å². The molecule has 1 saturated heterocycles. The zero-order valence-electron chi connectivity index (χ0n) is 12.5. The van der Waals surface area contributed by atoms with Gasteiger partial charge in [0, 0.05) is 25.6 Å². The number of alkyl halides is 3. The van der Waals surface area contributed by atoms with E-state index >= 15 is 0 Å². The van der Waals surface area contributed by atoms with Gasteiger partial charge in [0.15, 0.2) is 11.6 Å². The molecule has 6 nitrogen and oxygen atoms in total. The molecule has 0 bridgehead atoms. The van der Waals surface area contributed by atoms with Gasteiger partial charge in [-0.15, -0.1) is 0 Å². The Morgan fingerprint density at radius 2 is 1.80 bits per heavy atom. The van der Waals surface area contributed by atoms with E-state index in [1.165, 1.54) is 0 Å². The molecule has 3 amide bonds. The third-order valence-corrected chi connectivity index (χ3v) is 3.45. The molecule has 2 N–H and O–H groups in total. The molecule has 0 aromatic heterocycles. The van der Waals surface area contributed by atoms with Crippen LogP contribution < -0.4 is 10.6 Å². The summed E-state index contributed by atoms with van der Waals surface area (Å²) in [5, 5.41) is 3.59. The maximum absolute atomic E-state index is 13.4. The molecular formula is C14H12F5N3O3. The molecule has 11 heteroatoms. The number of hydrogen-bond donors (Lipinski definition) is 2. The van der Waals surface area contributed by atoms with Crippen molar-refractivity contribution in [3.8, 4) is 0 Å². The highest BCUT2D eigenvalue weighted by molar-refractivity contribution is 6.39. The zero-order valence-corrected chi connectivity index (χ0v) is 12.5. The molecule has 0 radical (unpaired) electrons. The summed E-state index contributed by atoms with van der Waals surface area (Å²) in [6.07, 6.45) is -4.99. The molecule has 2 rings (SSSR count). The van der Waals surface area contributed by atoms with Gasteiger partial charge in [-0.3, -0.25) is 14.4 Å². The van der Waals surface area contributed by atoms with E-state index in [0.717, 1.165) is 23.1 Å². The van der Waals surface area contributed by atoms with Gasteiger partial charge < -0.3 is 15.5 Å². The van der Waals surface area contributed by atoms with Crippen molar-refractivity contribution in [1.82, 2.24) is 10.2 Å². The van der Waals surface area contributed by atoms with Crippen molar-refractivity contribution in [2.75, 3.05) is 25.0 Å². The van der Waals surface area contributed by atoms with Gasteiger partial charge >= 0.3 is 23.9 Å². The first-order chi connectivity index (χ1) is 11.6. The number of carbonyl (C=O) groups is 3.